The molecular formula is C19H19N3O2S. The number of carboxylic acid groups (broad SMARTS) is 1. The number of piperazine rings is 1. The second-order valence-electron chi connectivity index (χ2n) is 6.02. The second kappa shape index (κ2) is 6.72. The van der Waals surface area contributed by atoms with Gasteiger partial charge in [-0.3, -0.25) is 0 Å². The van der Waals surface area contributed by atoms with E-state index >= 15 is 0 Å². The van der Waals surface area contributed by atoms with Crippen molar-refractivity contribution in [3.63, 3.8) is 0 Å². The molecular weight excluding hydrogens is 334 g/mol. The number of carbonyl (C=O) groups is 1. The number of fused-ring (bicyclic) bond motifs is 1. The van der Waals surface area contributed by atoms with Gasteiger partial charge in [0.05, 0.1) is 11.2 Å². The molecule has 4 rings (SSSR count). The molecule has 25 heavy (non-hydrogen) atoms. The molecule has 0 radical (unpaired) electrons. The highest BCUT2D eigenvalue weighted by Crippen LogP contribution is 2.37. The summed E-state index contributed by atoms with van der Waals surface area (Å²) < 4.78 is 0. The summed E-state index contributed by atoms with van der Waals surface area (Å²) in [6, 6.07) is 16.6. The van der Waals surface area contributed by atoms with Crippen LogP contribution < -0.4 is 4.90 Å². The van der Waals surface area contributed by atoms with Crippen LogP contribution in [0.15, 0.2) is 64.5 Å². The van der Waals surface area contributed by atoms with Gasteiger partial charge in [0, 0.05) is 47.6 Å². The number of H-pyrrole nitrogens is 1. The maximum Gasteiger partial charge on any atom is 0.407 e. The summed E-state index contributed by atoms with van der Waals surface area (Å²) in [5, 5.41) is 10.3. The smallest absolute Gasteiger partial charge is 0.407 e. The van der Waals surface area contributed by atoms with E-state index in [0.29, 0.717) is 26.2 Å². The van der Waals surface area contributed by atoms with Crippen molar-refractivity contribution < 1.29 is 9.90 Å². The zero-order valence-electron chi connectivity index (χ0n) is 13.7. The Hall–Kier alpha value is -2.60. The van der Waals surface area contributed by atoms with Crippen molar-refractivity contribution in [1.82, 2.24) is 9.88 Å². The van der Waals surface area contributed by atoms with E-state index in [4.69, 9.17) is 5.11 Å². The number of hydrogen-bond acceptors (Lipinski definition) is 3. The molecule has 2 heterocycles. The van der Waals surface area contributed by atoms with Crippen molar-refractivity contribution in [3.05, 3.63) is 54.7 Å². The maximum atomic E-state index is 11.1. The van der Waals surface area contributed by atoms with Crippen LogP contribution in [0.25, 0.3) is 10.9 Å². The number of hydrogen-bond donors (Lipinski definition) is 2. The van der Waals surface area contributed by atoms with Gasteiger partial charge in [-0.25, -0.2) is 4.79 Å². The number of aromatic nitrogens is 1. The fourth-order valence-corrected chi connectivity index (χ4v) is 4.16. The average Bonchev–Trinajstić information content (AvgIpc) is 3.06. The van der Waals surface area contributed by atoms with Gasteiger partial charge in [-0.05, 0) is 18.2 Å². The summed E-state index contributed by atoms with van der Waals surface area (Å²) in [5.41, 5.74) is 2.26. The molecule has 5 nitrogen and oxygen atoms in total. The monoisotopic (exact) mass is 353 g/mol. The lowest BCUT2D eigenvalue weighted by molar-refractivity contribution is 0.142. The van der Waals surface area contributed by atoms with Crippen molar-refractivity contribution in [2.45, 2.75) is 9.79 Å². The lowest BCUT2D eigenvalue weighted by Crippen LogP contribution is -2.48. The molecule has 1 aliphatic rings. The standard InChI is InChI=1S/C19H19N3O2S/c23-19(24)22-11-9-21(10-12-22)16-8-4-7-15-17(13-20-18(15)16)25-14-5-2-1-3-6-14/h1-8,13,20H,9-12H2,(H,23,24). The van der Waals surface area contributed by atoms with E-state index in [9.17, 15) is 4.79 Å². The highest BCUT2D eigenvalue weighted by Gasteiger charge is 2.22. The normalized spacial score (nSPS) is 14.9. The molecule has 0 spiro atoms. The first-order chi connectivity index (χ1) is 12.2. The van der Waals surface area contributed by atoms with Crippen LogP contribution in [0, 0.1) is 0 Å². The van der Waals surface area contributed by atoms with Gasteiger partial charge in [-0.15, -0.1) is 0 Å². The van der Waals surface area contributed by atoms with Crippen LogP contribution in [-0.2, 0) is 0 Å². The average molecular weight is 353 g/mol. The highest BCUT2D eigenvalue weighted by molar-refractivity contribution is 7.99. The lowest BCUT2D eigenvalue weighted by atomic mass is 10.2. The molecule has 1 aliphatic heterocycles. The maximum absolute atomic E-state index is 11.1. The zero-order valence-corrected chi connectivity index (χ0v) is 14.5. The van der Waals surface area contributed by atoms with Gasteiger partial charge >= 0.3 is 6.09 Å². The minimum atomic E-state index is -0.834. The molecule has 1 fully saturated rings. The fraction of sp³-hybridized carbons (Fsp3) is 0.211. The van der Waals surface area contributed by atoms with Crippen LogP contribution >= 0.6 is 11.8 Å². The molecule has 3 aromatic rings. The van der Waals surface area contributed by atoms with E-state index < -0.39 is 6.09 Å². The Kier molecular flexibility index (Phi) is 4.28. The van der Waals surface area contributed by atoms with Crippen molar-refractivity contribution in [2.75, 3.05) is 31.1 Å². The summed E-state index contributed by atoms with van der Waals surface area (Å²) >= 11 is 1.75. The van der Waals surface area contributed by atoms with Crippen LogP contribution in [0.2, 0.25) is 0 Å². The molecule has 0 atom stereocenters. The Labute approximate surface area is 150 Å². The molecule has 128 valence electrons. The number of rotatable bonds is 3. The summed E-state index contributed by atoms with van der Waals surface area (Å²) in [6.45, 7) is 2.51. The predicted octanol–water partition coefficient (Wildman–Crippen LogP) is 4.12. The van der Waals surface area contributed by atoms with Crippen molar-refractivity contribution >= 4 is 34.4 Å². The molecule has 1 aromatic heterocycles. The zero-order chi connectivity index (χ0) is 17.2. The van der Waals surface area contributed by atoms with E-state index in [1.807, 2.05) is 18.2 Å². The van der Waals surface area contributed by atoms with Crippen LogP contribution in [0.3, 0.4) is 0 Å². The van der Waals surface area contributed by atoms with Gasteiger partial charge in [0.25, 0.3) is 0 Å². The molecule has 2 N–H and O–H groups in total. The predicted molar refractivity (Wildman–Crippen MR) is 101 cm³/mol. The van der Waals surface area contributed by atoms with Crippen LogP contribution in [0.5, 0.6) is 0 Å². The van der Waals surface area contributed by atoms with Gasteiger partial charge in [-0.1, -0.05) is 42.1 Å². The van der Waals surface area contributed by atoms with Crippen LogP contribution in [0.1, 0.15) is 0 Å². The number of amides is 1. The van der Waals surface area contributed by atoms with Gasteiger partial charge in [0.15, 0.2) is 0 Å². The third-order valence-electron chi connectivity index (χ3n) is 4.52. The molecule has 0 saturated carbocycles. The van der Waals surface area contributed by atoms with Crippen LogP contribution in [0.4, 0.5) is 10.5 Å². The summed E-state index contributed by atoms with van der Waals surface area (Å²) in [7, 11) is 0. The summed E-state index contributed by atoms with van der Waals surface area (Å²) in [5.74, 6) is 0. The Morgan fingerprint density at radius 3 is 2.48 bits per heavy atom. The first kappa shape index (κ1) is 15.9. The minimum absolute atomic E-state index is 0.540. The van der Waals surface area contributed by atoms with E-state index in [0.717, 1.165) is 11.2 Å². The Morgan fingerprint density at radius 2 is 1.76 bits per heavy atom. The molecule has 0 aliphatic carbocycles. The molecule has 1 saturated heterocycles. The van der Waals surface area contributed by atoms with Crippen molar-refractivity contribution in [1.29, 1.82) is 0 Å². The fourth-order valence-electron chi connectivity index (χ4n) is 3.21. The van der Waals surface area contributed by atoms with Gasteiger partial charge < -0.3 is 19.9 Å². The van der Waals surface area contributed by atoms with E-state index in [-0.39, 0.29) is 0 Å². The SMILES string of the molecule is O=C(O)N1CCN(c2cccc3c(Sc4ccccc4)c[nH]c23)CC1. The second-order valence-corrected chi connectivity index (χ2v) is 7.14. The largest absolute Gasteiger partial charge is 0.465 e. The molecule has 0 unspecified atom stereocenters. The third kappa shape index (κ3) is 3.17. The third-order valence-corrected chi connectivity index (χ3v) is 5.58. The van der Waals surface area contributed by atoms with Crippen molar-refractivity contribution in [2.24, 2.45) is 0 Å². The first-order valence-corrected chi connectivity index (χ1v) is 9.10. The van der Waals surface area contributed by atoms with Gasteiger partial charge in [0.2, 0.25) is 0 Å². The van der Waals surface area contributed by atoms with E-state index in [2.05, 4.69) is 46.4 Å². The topological polar surface area (TPSA) is 59.6 Å². The van der Waals surface area contributed by atoms with E-state index in [1.165, 1.54) is 20.1 Å². The molecule has 2 aromatic carbocycles. The molecule has 0 bridgehead atoms. The quantitative estimate of drug-likeness (QED) is 0.744. The number of para-hydroxylation sites is 1. The highest BCUT2D eigenvalue weighted by atomic mass is 32.2. The minimum Gasteiger partial charge on any atom is -0.465 e. The Bertz CT molecular complexity index is 886. The van der Waals surface area contributed by atoms with Gasteiger partial charge in [0.1, 0.15) is 0 Å². The molecule has 1 amide bonds. The molecule has 6 heteroatoms. The number of anilines is 1. The van der Waals surface area contributed by atoms with Crippen molar-refractivity contribution in [3.8, 4) is 0 Å². The first-order valence-electron chi connectivity index (χ1n) is 8.28. The summed E-state index contributed by atoms with van der Waals surface area (Å²) in [4.78, 5) is 20.6. The number of nitrogens with one attached hydrogen (secondary N) is 1. The van der Waals surface area contributed by atoms with Crippen LogP contribution in [-0.4, -0.2) is 47.3 Å². The van der Waals surface area contributed by atoms with Gasteiger partial charge in [-0.2, -0.15) is 0 Å². The number of aromatic amines is 1. The Morgan fingerprint density at radius 1 is 1.00 bits per heavy atom. The van der Waals surface area contributed by atoms with E-state index in [1.54, 1.807) is 11.8 Å². The number of nitrogens with zero attached hydrogens (tertiary/aromatic N) is 2. The summed E-state index contributed by atoms with van der Waals surface area (Å²) in [6.07, 6.45) is 1.22. The Balaban J connectivity index is 1.60. The number of benzene rings is 2. The lowest BCUT2D eigenvalue weighted by Gasteiger charge is -2.34.